The largest absolute Gasteiger partial charge is 0.316 e. The van der Waals surface area contributed by atoms with Crippen molar-refractivity contribution < 1.29 is 4.39 Å². The molecule has 0 bridgehead atoms. The van der Waals surface area contributed by atoms with Crippen LogP contribution in [0.25, 0.3) is 10.6 Å². The highest BCUT2D eigenvalue weighted by molar-refractivity contribution is 7.15. The number of benzene rings is 1. The van der Waals surface area contributed by atoms with Crippen LogP contribution < -0.4 is 5.32 Å². The maximum atomic E-state index is 13.7. The minimum atomic E-state index is -0.192. The van der Waals surface area contributed by atoms with Gasteiger partial charge in [-0.25, -0.2) is 9.37 Å². The van der Waals surface area contributed by atoms with E-state index in [4.69, 9.17) is 0 Å². The van der Waals surface area contributed by atoms with Crippen LogP contribution in [0.5, 0.6) is 0 Å². The van der Waals surface area contributed by atoms with Gasteiger partial charge in [-0.15, -0.1) is 11.3 Å². The first-order chi connectivity index (χ1) is 8.75. The van der Waals surface area contributed by atoms with E-state index in [2.05, 4.69) is 10.3 Å². The quantitative estimate of drug-likeness (QED) is 0.898. The molecule has 0 amide bonds. The van der Waals surface area contributed by atoms with Crippen LogP contribution in [0.2, 0.25) is 0 Å². The molecule has 1 fully saturated rings. The monoisotopic (exact) mass is 262 g/mol. The van der Waals surface area contributed by atoms with E-state index >= 15 is 0 Å². The third-order valence-electron chi connectivity index (χ3n) is 3.37. The molecule has 1 unspecified atom stereocenters. The number of nitrogens with one attached hydrogen (secondary N) is 1. The third-order valence-corrected chi connectivity index (χ3v) is 4.72. The maximum absolute atomic E-state index is 13.7. The molecule has 0 aliphatic carbocycles. The van der Waals surface area contributed by atoms with Crippen LogP contribution in [-0.4, -0.2) is 18.1 Å². The highest BCUT2D eigenvalue weighted by atomic mass is 32.1. The van der Waals surface area contributed by atoms with Gasteiger partial charge >= 0.3 is 0 Å². The number of nitrogens with zero attached hydrogens (tertiary/aromatic N) is 1. The summed E-state index contributed by atoms with van der Waals surface area (Å²) in [6.45, 7) is 4.10. The average Bonchev–Trinajstić information content (AvgIpc) is 2.98. The van der Waals surface area contributed by atoms with Gasteiger partial charge in [0.2, 0.25) is 0 Å². The summed E-state index contributed by atoms with van der Waals surface area (Å²) in [5, 5.41) is 4.16. The SMILES string of the molecule is Cc1nc(-c2ccccc2F)sc1C1CCNC1. The maximum Gasteiger partial charge on any atom is 0.133 e. The van der Waals surface area contributed by atoms with E-state index in [1.165, 1.54) is 10.9 Å². The van der Waals surface area contributed by atoms with Crippen LogP contribution in [0, 0.1) is 12.7 Å². The second kappa shape index (κ2) is 4.78. The summed E-state index contributed by atoms with van der Waals surface area (Å²) in [5.41, 5.74) is 1.66. The van der Waals surface area contributed by atoms with Crippen molar-refractivity contribution in [3.8, 4) is 10.6 Å². The number of hydrogen-bond acceptors (Lipinski definition) is 3. The van der Waals surface area contributed by atoms with Crippen LogP contribution in [0.15, 0.2) is 24.3 Å². The van der Waals surface area contributed by atoms with Crippen LogP contribution >= 0.6 is 11.3 Å². The summed E-state index contributed by atoms with van der Waals surface area (Å²) in [6.07, 6.45) is 1.15. The van der Waals surface area contributed by atoms with Crippen LogP contribution in [0.1, 0.15) is 22.9 Å². The van der Waals surface area contributed by atoms with Crippen molar-refractivity contribution in [1.82, 2.24) is 10.3 Å². The van der Waals surface area contributed by atoms with E-state index in [0.717, 1.165) is 30.2 Å². The Morgan fingerprint density at radius 3 is 2.94 bits per heavy atom. The molecule has 1 N–H and O–H groups in total. The molecule has 1 aromatic heterocycles. The average molecular weight is 262 g/mol. The van der Waals surface area contributed by atoms with Crippen molar-refractivity contribution in [3.05, 3.63) is 40.7 Å². The molecular formula is C14H15FN2S. The lowest BCUT2D eigenvalue weighted by molar-refractivity contribution is 0.631. The van der Waals surface area contributed by atoms with E-state index in [0.29, 0.717) is 11.5 Å². The van der Waals surface area contributed by atoms with Gasteiger partial charge in [-0.1, -0.05) is 12.1 Å². The van der Waals surface area contributed by atoms with Crippen molar-refractivity contribution in [3.63, 3.8) is 0 Å². The minimum absolute atomic E-state index is 0.192. The van der Waals surface area contributed by atoms with Gasteiger partial charge in [-0.2, -0.15) is 0 Å². The molecule has 0 saturated carbocycles. The highest BCUT2D eigenvalue weighted by Crippen LogP contribution is 2.35. The molecule has 3 rings (SSSR count). The molecule has 18 heavy (non-hydrogen) atoms. The Hall–Kier alpha value is -1.26. The number of aryl methyl sites for hydroxylation is 1. The number of aromatic nitrogens is 1. The fourth-order valence-corrected chi connectivity index (χ4v) is 3.64. The summed E-state index contributed by atoms with van der Waals surface area (Å²) in [7, 11) is 0. The Labute approximate surface area is 110 Å². The Bertz CT molecular complexity index is 559. The standard InChI is InChI=1S/C14H15FN2S/c1-9-13(10-6-7-16-8-10)18-14(17-9)11-4-2-3-5-12(11)15/h2-5,10,16H,6-8H2,1H3. The van der Waals surface area contributed by atoms with E-state index in [1.54, 1.807) is 23.5 Å². The summed E-state index contributed by atoms with van der Waals surface area (Å²) in [6, 6.07) is 6.85. The first kappa shape index (κ1) is 11.8. The van der Waals surface area contributed by atoms with Crippen LogP contribution in [-0.2, 0) is 0 Å². The molecule has 1 aromatic carbocycles. The lowest BCUT2D eigenvalue weighted by atomic mass is 10.1. The zero-order valence-electron chi connectivity index (χ0n) is 10.2. The van der Waals surface area contributed by atoms with Gasteiger partial charge in [-0.3, -0.25) is 0 Å². The molecule has 1 aliphatic rings. The predicted molar refractivity (Wildman–Crippen MR) is 72.5 cm³/mol. The zero-order chi connectivity index (χ0) is 12.5. The lowest BCUT2D eigenvalue weighted by Gasteiger charge is -2.04. The van der Waals surface area contributed by atoms with Crippen molar-refractivity contribution in [2.75, 3.05) is 13.1 Å². The molecule has 94 valence electrons. The number of rotatable bonds is 2. The summed E-state index contributed by atoms with van der Waals surface area (Å²) in [4.78, 5) is 5.84. The second-order valence-corrected chi connectivity index (χ2v) is 5.67. The fraction of sp³-hybridized carbons (Fsp3) is 0.357. The zero-order valence-corrected chi connectivity index (χ0v) is 11.1. The minimum Gasteiger partial charge on any atom is -0.316 e. The van der Waals surface area contributed by atoms with Gasteiger partial charge in [0.15, 0.2) is 0 Å². The van der Waals surface area contributed by atoms with Gasteiger partial charge < -0.3 is 5.32 Å². The van der Waals surface area contributed by atoms with Crippen molar-refractivity contribution in [2.24, 2.45) is 0 Å². The van der Waals surface area contributed by atoms with Crippen molar-refractivity contribution >= 4 is 11.3 Å². The summed E-state index contributed by atoms with van der Waals surface area (Å²) in [5.74, 6) is 0.352. The number of thiazole rings is 1. The topological polar surface area (TPSA) is 24.9 Å². The van der Waals surface area contributed by atoms with Crippen LogP contribution in [0.3, 0.4) is 0 Å². The molecule has 0 radical (unpaired) electrons. The molecule has 1 saturated heterocycles. The van der Waals surface area contributed by atoms with E-state index < -0.39 is 0 Å². The van der Waals surface area contributed by atoms with E-state index in [-0.39, 0.29) is 5.82 Å². The molecule has 4 heteroatoms. The van der Waals surface area contributed by atoms with Gasteiger partial charge in [-0.05, 0) is 32.0 Å². The Morgan fingerprint density at radius 2 is 2.22 bits per heavy atom. The number of halogens is 1. The van der Waals surface area contributed by atoms with Gasteiger partial charge in [0.25, 0.3) is 0 Å². The Morgan fingerprint density at radius 1 is 1.39 bits per heavy atom. The third kappa shape index (κ3) is 2.06. The number of hydrogen-bond donors (Lipinski definition) is 1. The molecule has 2 aromatic rings. The van der Waals surface area contributed by atoms with Gasteiger partial charge in [0.05, 0.1) is 5.69 Å². The molecular weight excluding hydrogens is 247 g/mol. The smallest absolute Gasteiger partial charge is 0.133 e. The Balaban J connectivity index is 1.99. The van der Waals surface area contributed by atoms with Crippen molar-refractivity contribution in [2.45, 2.75) is 19.3 Å². The first-order valence-corrected chi connectivity index (χ1v) is 7.00. The molecule has 0 spiro atoms. The normalized spacial score (nSPS) is 19.3. The molecule has 2 nitrogen and oxygen atoms in total. The van der Waals surface area contributed by atoms with Crippen molar-refractivity contribution in [1.29, 1.82) is 0 Å². The lowest BCUT2D eigenvalue weighted by Crippen LogP contribution is -2.07. The van der Waals surface area contributed by atoms with Gasteiger partial charge in [0, 0.05) is 22.9 Å². The van der Waals surface area contributed by atoms with E-state index in [1.807, 2.05) is 13.0 Å². The summed E-state index contributed by atoms with van der Waals surface area (Å²) >= 11 is 1.63. The highest BCUT2D eigenvalue weighted by Gasteiger charge is 2.22. The first-order valence-electron chi connectivity index (χ1n) is 6.18. The Kier molecular flexibility index (Phi) is 3.14. The molecule has 1 atom stereocenters. The predicted octanol–water partition coefficient (Wildman–Crippen LogP) is 3.33. The summed E-state index contributed by atoms with van der Waals surface area (Å²) < 4.78 is 13.7. The molecule has 2 heterocycles. The molecule has 1 aliphatic heterocycles. The fourth-order valence-electron chi connectivity index (χ4n) is 2.42. The van der Waals surface area contributed by atoms with Gasteiger partial charge in [0.1, 0.15) is 10.8 Å². The second-order valence-electron chi connectivity index (χ2n) is 4.64. The van der Waals surface area contributed by atoms with Crippen LogP contribution in [0.4, 0.5) is 4.39 Å². The van der Waals surface area contributed by atoms with E-state index in [9.17, 15) is 4.39 Å².